The largest absolute Gasteiger partial charge is 0.393 e. The zero-order valence-electron chi connectivity index (χ0n) is 17.7. The number of hydrogen-bond donors (Lipinski definition) is 3. The first-order valence-corrected chi connectivity index (χ1v) is 12.2. The van der Waals surface area contributed by atoms with E-state index in [4.69, 9.17) is 0 Å². The number of aliphatic hydroxyl groups excluding tert-OH is 1. The van der Waals surface area contributed by atoms with E-state index in [0.29, 0.717) is 18.5 Å². The van der Waals surface area contributed by atoms with E-state index < -0.39 is 0 Å². The first-order valence-electron chi connectivity index (χ1n) is 11.2. The van der Waals surface area contributed by atoms with Gasteiger partial charge >= 0.3 is 6.03 Å². The molecule has 0 aromatic heterocycles. The number of nitrogens with one attached hydrogen (secondary N) is 2. The smallest absolute Gasteiger partial charge is 0.314 e. The molecule has 3 N–H and O–H groups in total. The summed E-state index contributed by atoms with van der Waals surface area (Å²) in [7, 11) is 4.18. The number of amides is 2. The number of likely N-dealkylation sites (N-methyl/N-ethyl adjacent to an activating group) is 1. The lowest BCUT2D eigenvalue weighted by molar-refractivity contribution is 0.0971. The highest BCUT2D eigenvalue weighted by molar-refractivity contribution is 8.03. The highest BCUT2D eigenvalue weighted by atomic mass is 32.2. The van der Waals surface area contributed by atoms with Crippen LogP contribution in [0.2, 0.25) is 0 Å². The monoisotopic (exact) mass is 409 g/mol. The lowest BCUT2D eigenvalue weighted by Gasteiger charge is -2.32. The van der Waals surface area contributed by atoms with Crippen molar-refractivity contribution in [2.24, 2.45) is 11.8 Å². The summed E-state index contributed by atoms with van der Waals surface area (Å²) in [6.45, 7) is 1.41. The van der Waals surface area contributed by atoms with Crippen LogP contribution in [0.15, 0.2) is 11.0 Å². The number of carbonyl (C=O) groups is 1. The molecule has 2 fully saturated rings. The van der Waals surface area contributed by atoms with Gasteiger partial charge in [0.1, 0.15) is 0 Å². The van der Waals surface area contributed by atoms with Gasteiger partial charge < -0.3 is 20.6 Å². The van der Waals surface area contributed by atoms with Crippen molar-refractivity contribution in [1.82, 2.24) is 15.5 Å². The maximum absolute atomic E-state index is 12.3. The number of urea groups is 1. The average Bonchev–Trinajstić information content (AvgIpc) is 3.09. The number of rotatable bonds is 8. The number of aliphatic hydroxyl groups is 1. The minimum absolute atomic E-state index is 0.0441. The second-order valence-electron chi connectivity index (χ2n) is 9.17. The molecular formula is C22H39N3O2S. The van der Waals surface area contributed by atoms with Crippen LogP contribution in [0.25, 0.3) is 0 Å². The van der Waals surface area contributed by atoms with Gasteiger partial charge in [-0.1, -0.05) is 18.4 Å². The molecule has 3 atom stereocenters. The fraction of sp³-hybridized carbons (Fsp3) is 0.864. The number of thioether (sulfide) groups is 1. The van der Waals surface area contributed by atoms with E-state index in [1.54, 1.807) is 5.57 Å². The molecule has 3 aliphatic rings. The molecule has 6 heteroatoms. The molecule has 5 nitrogen and oxygen atoms in total. The Bertz CT molecular complexity index is 532. The summed E-state index contributed by atoms with van der Waals surface area (Å²) in [4.78, 5) is 14.5. The Kier molecular flexibility index (Phi) is 8.54. The van der Waals surface area contributed by atoms with Crippen molar-refractivity contribution >= 4 is 17.8 Å². The quantitative estimate of drug-likeness (QED) is 0.571. The van der Waals surface area contributed by atoms with Crippen molar-refractivity contribution in [2.45, 2.75) is 81.6 Å². The van der Waals surface area contributed by atoms with Crippen molar-refractivity contribution in [1.29, 1.82) is 0 Å². The molecule has 2 saturated carbocycles. The molecule has 0 saturated heterocycles. The Morgan fingerprint density at radius 3 is 2.68 bits per heavy atom. The lowest BCUT2D eigenvalue weighted by Crippen LogP contribution is -2.45. The summed E-state index contributed by atoms with van der Waals surface area (Å²) < 4.78 is 0. The standard InChI is InChI=1S/C22H39N3O2S/c1-25(2)18(13-16-7-9-19(26)10-8-16)14-24-22(27)23-12-11-17-15-28-21-6-4-3-5-20(17)21/h15-16,18-21,26H,3-14H2,1-2H3,(H2,23,24,27)/t16?,18-,19?,20?,21?/m0/s1. The molecule has 0 aromatic carbocycles. The molecule has 3 rings (SSSR count). The van der Waals surface area contributed by atoms with Crippen LogP contribution < -0.4 is 10.6 Å². The van der Waals surface area contributed by atoms with Crippen LogP contribution in [0.5, 0.6) is 0 Å². The maximum atomic E-state index is 12.3. The van der Waals surface area contributed by atoms with Crippen LogP contribution in [-0.4, -0.2) is 60.6 Å². The Hall–Kier alpha value is -0.720. The molecule has 2 aliphatic carbocycles. The van der Waals surface area contributed by atoms with Gasteiger partial charge in [0.25, 0.3) is 0 Å². The zero-order chi connectivity index (χ0) is 19.9. The fourth-order valence-electron chi connectivity index (χ4n) is 5.03. The molecule has 2 amide bonds. The molecule has 160 valence electrons. The SMILES string of the molecule is CN(C)[C@H](CNC(=O)NCCC1=CSC2CCCCC12)CC1CCC(O)CC1. The predicted molar refractivity (Wildman–Crippen MR) is 117 cm³/mol. The van der Waals surface area contributed by atoms with Gasteiger partial charge in [0, 0.05) is 24.4 Å². The molecule has 28 heavy (non-hydrogen) atoms. The number of fused-ring (bicyclic) bond motifs is 1. The summed E-state index contributed by atoms with van der Waals surface area (Å²) >= 11 is 2.02. The van der Waals surface area contributed by atoms with Crippen LogP contribution in [-0.2, 0) is 0 Å². The Morgan fingerprint density at radius 1 is 1.18 bits per heavy atom. The van der Waals surface area contributed by atoms with Gasteiger partial charge in [-0.3, -0.25) is 0 Å². The van der Waals surface area contributed by atoms with Crippen LogP contribution >= 0.6 is 11.8 Å². The molecule has 0 spiro atoms. The third kappa shape index (κ3) is 6.39. The van der Waals surface area contributed by atoms with E-state index in [-0.39, 0.29) is 12.1 Å². The van der Waals surface area contributed by atoms with Crippen molar-refractivity contribution < 1.29 is 9.90 Å². The van der Waals surface area contributed by atoms with Crippen LogP contribution in [0.4, 0.5) is 4.79 Å². The fourth-order valence-corrected chi connectivity index (χ4v) is 6.47. The second-order valence-corrected chi connectivity index (χ2v) is 10.3. The van der Waals surface area contributed by atoms with Crippen molar-refractivity contribution in [3.05, 3.63) is 11.0 Å². The second kappa shape index (κ2) is 10.9. The van der Waals surface area contributed by atoms with Gasteiger partial charge in [0.05, 0.1) is 6.10 Å². The first-order chi connectivity index (χ1) is 13.5. The molecule has 0 bridgehead atoms. The van der Waals surface area contributed by atoms with Crippen molar-refractivity contribution in [3.8, 4) is 0 Å². The van der Waals surface area contributed by atoms with Gasteiger partial charge in [0.15, 0.2) is 0 Å². The number of nitrogens with zero attached hydrogens (tertiary/aromatic N) is 1. The predicted octanol–water partition coefficient (Wildman–Crippen LogP) is 3.74. The van der Waals surface area contributed by atoms with Gasteiger partial charge in [-0.25, -0.2) is 4.79 Å². The third-order valence-electron chi connectivity index (χ3n) is 6.92. The Morgan fingerprint density at radius 2 is 1.93 bits per heavy atom. The van der Waals surface area contributed by atoms with E-state index in [0.717, 1.165) is 56.2 Å². The maximum Gasteiger partial charge on any atom is 0.314 e. The summed E-state index contributed by atoms with van der Waals surface area (Å²) in [6.07, 6.45) is 11.5. The summed E-state index contributed by atoms with van der Waals surface area (Å²) in [5.74, 6) is 1.42. The van der Waals surface area contributed by atoms with E-state index in [2.05, 4.69) is 35.0 Å². The number of hydrogen-bond acceptors (Lipinski definition) is 4. The molecular weight excluding hydrogens is 370 g/mol. The van der Waals surface area contributed by atoms with Crippen LogP contribution in [0.3, 0.4) is 0 Å². The highest BCUT2D eigenvalue weighted by Crippen LogP contribution is 2.45. The molecule has 1 aliphatic heterocycles. The lowest BCUT2D eigenvalue weighted by atomic mass is 9.83. The first kappa shape index (κ1) is 22.0. The minimum Gasteiger partial charge on any atom is -0.393 e. The van der Waals surface area contributed by atoms with Gasteiger partial charge in [-0.2, -0.15) is 0 Å². The summed E-state index contributed by atoms with van der Waals surface area (Å²) in [5.41, 5.74) is 1.56. The normalized spacial score (nSPS) is 31.2. The van der Waals surface area contributed by atoms with E-state index in [1.165, 1.54) is 25.7 Å². The van der Waals surface area contributed by atoms with Crippen molar-refractivity contribution in [2.75, 3.05) is 27.2 Å². The third-order valence-corrected chi connectivity index (χ3v) is 8.28. The minimum atomic E-state index is -0.102. The molecule has 1 heterocycles. The molecule has 2 unspecified atom stereocenters. The van der Waals surface area contributed by atoms with E-state index >= 15 is 0 Å². The van der Waals surface area contributed by atoms with Gasteiger partial charge in [-0.05, 0) is 82.7 Å². The molecule has 0 radical (unpaired) electrons. The summed E-state index contributed by atoms with van der Waals surface area (Å²) in [6, 6.07) is 0.306. The average molecular weight is 410 g/mol. The van der Waals surface area contributed by atoms with Crippen molar-refractivity contribution in [3.63, 3.8) is 0 Å². The Balaban J connectivity index is 1.33. The van der Waals surface area contributed by atoms with Crippen LogP contribution in [0, 0.1) is 11.8 Å². The van der Waals surface area contributed by atoms with E-state index in [9.17, 15) is 9.90 Å². The highest BCUT2D eigenvalue weighted by Gasteiger charge is 2.32. The Labute approximate surface area is 175 Å². The zero-order valence-corrected chi connectivity index (χ0v) is 18.5. The summed E-state index contributed by atoms with van der Waals surface area (Å²) in [5, 5.41) is 19.0. The van der Waals surface area contributed by atoms with Crippen LogP contribution in [0.1, 0.15) is 64.2 Å². The van der Waals surface area contributed by atoms with Gasteiger partial charge in [0.2, 0.25) is 0 Å². The molecule has 0 aromatic rings. The topological polar surface area (TPSA) is 64.6 Å². The van der Waals surface area contributed by atoms with Gasteiger partial charge in [-0.15, -0.1) is 11.8 Å². The number of carbonyl (C=O) groups excluding carboxylic acids is 1. The van der Waals surface area contributed by atoms with E-state index in [1.807, 2.05) is 11.8 Å².